The van der Waals surface area contributed by atoms with Crippen LogP contribution in [-0.2, 0) is 0 Å². The fourth-order valence-corrected chi connectivity index (χ4v) is 2.61. The molecule has 3 rings (SSSR count). The molecule has 0 amide bonds. The number of nitrogen functional groups attached to an aromatic ring is 1. The molecule has 0 saturated carbocycles. The van der Waals surface area contributed by atoms with E-state index in [-0.39, 0.29) is 0 Å². The van der Waals surface area contributed by atoms with Gasteiger partial charge in [0.2, 0.25) is 0 Å². The Morgan fingerprint density at radius 2 is 1.74 bits per heavy atom. The van der Waals surface area contributed by atoms with Gasteiger partial charge < -0.3 is 10.6 Å². The number of aromatic nitrogens is 1. The summed E-state index contributed by atoms with van der Waals surface area (Å²) >= 11 is 6.00. The number of nitrogens with zero attached hydrogens (tertiary/aromatic N) is 2. The van der Waals surface area contributed by atoms with Crippen LogP contribution in [0.5, 0.6) is 0 Å². The summed E-state index contributed by atoms with van der Waals surface area (Å²) in [7, 11) is 0. The van der Waals surface area contributed by atoms with Gasteiger partial charge in [-0.25, -0.2) is 4.98 Å². The maximum Gasteiger partial charge on any atom is 0.142 e. The molecule has 1 fully saturated rings. The third-order valence-electron chi connectivity index (χ3n) is 3.54. The number of hydrogen-bond donors (Lipinski definition) is 1. The molecule has 0 radical (unpaired) electrons. The summed E-state index contributed by atoms with van der Waals surface area (Å²) in [5, 5.41) is 0.501. The minimum atomic E-state index is 0.374. The molecule has 1 aliphatic rings. The lowest BCUT2D eigenvalue weighted by Crippen LogP contribution is -2.17. The first kappa shape index (κ1) is 12.3. The van der Waals surface area contributed by atoms with E-state index in [0.717, 1.165) is 24.2 Å². The molecule has 19 heavy (non-hydrogen) atoms. The van der Waals surface area contributed by atoms with Crippen molar-refractivity contribution >= 4 is 23.1 Å². The number of nitrogens with two attached hydrogens (primary N) is 1. The van der Waals surface area contributed by atoms with E-state index in [0.29, 0.717) is 10.8 Å². The molecule has 0 spiro atoms. The summed E-state index contributed by atoms with van der Waals surface area (Å²) in [5.74, 6) is 0.374. The molecule has 1 aromatic carbocycles. The van der Waals surface area contributed by atoms with E-state index in [9.17, 15) is 0 Å². The second-order valence-electron chi connectivity index (χ2n) is 4.83. The molecule has 98 valence electrons. The molecule has 0 atom stereocenters. The third-order valence-corrected chi connectivity index (χ3v) is 3.84. The summed E-state index contributed by atoms with van der Waals surface area (Å²) in [5.41, 5.74) is 9.01. The van der Waals surface area contributed by atoms with Crippen molar-refractivity contribution in [3.8, 4) is 11.1 Å². The van der Waals surface area contributed by atoms with Crippen LogP contribution in [0.3, 0.4) is 0 Å². The van der Waals surface area contributed by atoms with Crippen LogP contribution in [0.25, 0.3) is 11.1 Å². The Morgan fingerprint density at radius 1 is 1.05 bits per heavy atom. The van der Waals surface area contributed by atoms with Crippen molar-refractivity contribution in [1.29, 1.82) is 0 Å². The minimum Gasteiger partial charge on any atom is -0.382 e. The molecule has 0 bridgehead atoms. The van der Waals surface area contributed by atoms with E-state index in [4.69, 9.17) is 17.3 Å². The molecule has 2 N–H and O–H groups in total. The van der Waals surface area contributed by atoms with Crippen molar-refractivity contribution in [2.24, 2.45) is 0 Å². The minimum absolute atomic E-state index is 0.374. The smallest absolute Gasteiger partial charge is 0.142 e. The fraction of sp³-hybridized carbons (Fsp3) is 0.267. The van der Waals surface area contributed by atoms with Crippen molar-refractivity contribution in [3.05, 3.63) is 41.6 Å². The molecule has 2 heterocycles. The maximum absolute atomic E-state index is 6.00. The highest BCUT2D eigenvalue weighted by Crippen LogP contribution is 2.27. The van der Waals surface area contributed by atoms with Gasteiger partial charge in [0.15, 0.2) is 0 Å². The Balaban J connectivity index is 1.87. The van der Waals surface area contributed by atoms with Crippen LogP contribution in [-0.4, -0.2) is 18.1 Å². The molecule has 1 saturated heterocycles. The molecule has 4 heteroatoms. The number of benzene rings is 1. The van der Waals surface area contributed by atoms with E-state index < -0.39 is 0 Å². The van der Waals surface area contributed by atoms with Crippen LogP contribution >= 0.6 is 11.6 Å². The third kappa shape index (κ3) is 2.51. The van der Waals surface area contributed by atoms with Gasteiger partial charge in [-0.3, -0.25) is 0 Å². The lowest BCUT2D eigenvalue weighted by Gasteiger charge is -2.17. The number of pyridine rings is 1. The molecular weight excluding hydrogens is 258 g/mol. The second kappa shape index (κ2) is 5.10. The van der Waals surface area contributed by atoms with Crippen LogP contribution in [0.15, 0.2) is 36.5 Å². The molecular formula is C15H16ClN3. The predicted octanol–water partition coefficient (Wildman–Crippen LogP) is 3.58. The van der Waals surface area contributed by atoms with Gasteiger partial charge in [-0.1, -0.05) is 23.7 Å². The second-order valence-corrected chi connectivity index (χ2v) is 5.24. The average Bonchev–Trinajstić information content (AvgIpc) is 2.96. The number of halogens is 1. The Labute approximate surface area is 118 Å². The summed E-state index contributed by atoms with van der Waals surface area (Å²) in [6.07, 6.45) is 4.34. The first-order chi connectivity index (χ1) is 9.24. The van der Waals surface area contributed by atoms with Crippen molar-refractivity contribution in [3.63, 3.8) is 0 Å². The van der Waals surface area contributed by atoms with E-state index >= 15 is 0 Å². The quantitative estimate of drug-likeness (QED) is 0.909. The zero-order valence-corrected chi connectivity index (χ0v) is 11.4. The van der Waals surface area contributed by atoms with E-state index in [2.05, 4.69) is 34.1 Å². The largest absolute Gasteiger partial charge is 0.382 e. The van der Waals surface area contributed by atoms with Crippen LogP contribution in [0.1, 0.15) is 12.8 Å². The van der Waals surface area contributed by atoms with Crippen molar-refractivity contribution < 1.29 is 0 Å². The van der Waals surface area contributed by atoms with Crippen LogP contribution in [0.2, 0.25) is 5.02 Å². The van der Waals surface area contributed by atoms with Gasteiger partial charge in [-0.05, 0) is 36.6 Å². The van der Waals surface area contributed by atoms with E-state index in [1.54, 1.807) is 6.20 Å². The van der Waals surface area contributed by atoms with Gasteiger partial charge in [0.25, 0.3) is 0 Å². The van der Waals surface area contributed by atoms with Crippen molar-refractivity contribution in [2.75, 3.05) is 23.7 Å². The fourth-order valence-electron chi connectivity index (χ4n) is 2.45. The first-order valence-corrected chi connectivity index (χ1v) is 6.88. The van der Waals surface area contributed by atoms with Crippen LogP contribution < -0.4 is 10.6 Å². The summed E-state index contributed by atoms with van der Waals surface area (Å²) in [6.45, 7) is 2.32. The lowest BCUT2D eigenvalue weighted by molar-refractivity contribution is 0.949. The molecule has 3 nitrogen and oxygen atoms in total. The summed E-state index contributed by atoms with van der Waals surface area (Å²) in [6, 6.07) is 10.4. The Hall–Kier alpha value is -1.74. The van der Waals surface area contributed by atoms with E-state index in [1.165, 1.54) is 18.5 Å². The van der Waals surface area contributed by atoms with Gasteiger partial charge in [0, 0.05) is 30.5 Å². The zero-order chi connectivity index (χ0) is 13.2. The highest BCUT2D eigenvalue weighted by atomic mass is 35.5. The lowest BCUT2D eigenvalue weighted by atomic mass is 10.1. The van der Waals surface area contributed by atoms with Gasteiger partial charge in [0.05, 0.1) is 5.02 Å². The summed E-state index contributed by atoms with van der Waals surface area (Å²) < 4.78 is 0. The number of anilines is 2. The number of hydrogen-bond acceptors (Lipinski definition) is 3. The molecule has 1 aliphatic heterocycles. The monoisotopic (exact) mass is 273 g/mol. The van der Waals surface area contributed by atoms with Crippen LogP contribution in [0, 0.1) is 0 Å². The highest BCUT2D eigenvalue weighted by Gasteiger charge is 2.12. The Kier molecular flexibility index (Phi) is 3.30. The molecule has 1 aromatic heterocycles. The van der Waals surface area contributed by atoms with E-state index in [1.807, 2.05) is 6.07 Å². The highest BCUT2D eigenvalue weighted by molar-refractivity contribution is 6.33. The SMILES string of the molecule is Nc1ncc(-c2ccc(N3CCCC3)cc2)cc1Cl. The molecule has 2 aromatic rings. The predicted molar refractivity (Wildman–Crippen MR) is 80.5 cm³/mol. The molecule has 0 unspecified atom stereocenters. The summed E-state index contributed by atoms with van der Waals surface area (Å²) in [4.78, 5) is 6.51. The van der Waals surface area contributed by atoms with Gasteiger partial charge in [0.1, 0.15) is 5.82 Å². The van der Waals surface area contributed by atoms with Crippen molar-refractivity contribution in [1.82, 2.24) is 4.98 Å². The average molecular weight is 274 g/mol. The first-order valence-electron chi connectivity index (χ1n) is 6.50. The van der Waals surface area contributed by atoms with Gasteiger partial charge in [-0.2, -0.15) is 0 Å². The van der Waals surface area contributed by atoms with Crippen LogP contribution in [0.4, 0.5) is 11.5 Å². The van der Waals surface area contributed by atoms with Crippen molar-refractivity contribution in [2.45, 2.75) is 12.8 Å². The Morgan fingerprint density at radius 3 is 2.37 bits per heavy atom. The Bertz CT molecular complexity index is 574. The normalized spacial score (nSPS) is 14.9. The number of rotatable bonds is 2. The standard InChI is InChI=1S/C15H16ClN3/c16-14-9-12(10-18-15(14)17)11-3-5-13(6-4-11)19-7-1-2-8-19/h3-6,9-10H,1-2,7-8H2,(H2,17,18). The zero-order valence-electron chi connectivity index (χ0n) is 10.6. The van der Waals surface area contributed by atoms with Gasteiger partial charge in [-0.15, -0.1) is 0 Å². The maximum atomic E-state index is 6.00. The molecule has 0 aliphatic carbocycles. The topological polar surface area (TPSA) is 42.1 Å². The van der Waals surface area contributed by atoms with Gasteiger partial charge >= 0.3 is 0 Å².